The van der Waals surface area contributed by atoms with Crippen LogP contribution in [0.1, 0.15) is 16.1 Å². The molecule has 1 aliphatic heterocycles. The molecule has 0 aliphatic carbocycles. The van der Waals surface area contributed by atoms with Crippen LogP contribution in [0.3, 0.4) is 0 Å². The first-order valence-electron chi connectivity index (χ1n) is 8.45. The normalized spacial score (nSPS) is 14.9. The highest BCUT2D eigenvalue weighted by Gasteiger charge is 2.12. The second kappa shape index (κ2) is 8.55. The van der Waals surface area contributed by atoms with Crippen molar-refractivity contribution in [1.29, 1.82) is 0 Å². The molecule has 2 N–H and O–H groups in total. The van der Waals surface area contributed by atoms with Crippen LogP contribution in [0, 0.1) is 6.92 Å². The minimum atomic E-state index is -0.192. The van der Waals surface area contributed by atoms with Crippen LogP contribution in [0.25, 0.3) is 0 Å². The summed E-state index contributed by atoms with van der Waals surface area (Å²) in [6.45, 7) is 6.76. The maximum atomic E-state index is 12.3. The Kier molecular flexibility index (Phi) is 5.92. The number of ether oxygens (including phenoxy) is 1. The van der Waals surface area contributed by atoms with E-state index in [9.17, 15) is 4.79 Å². The largest absolute Gasteiger partial charge is 0.379 e. The molecule has 0 atom stereocenters. The molecule has 1 aromatic carbocycles. The van der Waals surface area contributed by atoms with Gasteiger partial charge in [0.1, 0.15) is 17.8 Å². The Morgan fingerprint density at radius 2 is 2.08 bits per heavy atom. The number of carbonyl (C=O) groups is 1. The summed E-state index contributed by atoms with van der Waals surface area (Å²) >= 11 is 0. The van der Waals surface area contributed by atoms with E-state index in [1.54, 1.807) is 6.07 Å². The van der Waals surface area contributed by atoms with E-state index in [0.717, 1.165) is 44.1 Å². The predicted molar refractivity (Wildman–Crippen MR) is 96.1 cm³/mol. The van der Waals surface area contributed by atoms with Crippen LogP contribution in [-0.4, -0.2) is 60.2 Å². The van der Waals surface area contributed by atoms with Crippen molar-refractivity contribution in [2.75, 3.05) is 44.7 Å². The molecule has 2 heterocycles. The van der Waals surface area contributed by atoms with Crippen molar-refractivity contribution in [3.05, 3.63) is 47.9 Å². The third-order valence-electron chi connectivity index (χ3n) is 4.01. The van der Waals surface area contributed by atoms with Gasteiger partial charge in [0.05, 0.1) is 13.2 Å². The summed E-state index contributed by atoms with van der Waals surface area (Å²) in [6, 6.07) is 9.63. The number of nitrogens with one attached hydrogen (secondary N) is 2. The third-order valence-corrected chi connectivity index (χ3v) is 4.01. The molecule has 1 saturated heterocycles. The van der Waals surface area contributed by atoms with Crippen molar-refractivity contribution in [3.8, 4) is 0 Å². The van der Waals surface area contributed by atoms with E-state index in [4.69, 9.17) is 4.74 Å². The van der Waals surface area contributed by atoms with Crippen LogP contribution in [0.2, 0.25) is 0 Å². The Hall–Kier alpha value is -2.51. The average Bonchev–Trinajstić information content (AvgIpc) is 2.63. The van der Waals surface area contributed by atoms with Crippen LogP contribution < -0.4 is 10.6 Å². The molecule has 0 bridgehead atoms. The van der Waals surface area contributed by atoms with Crippen molar-refractivity contribution in [2.45, 2.75) is 6.92 Å². The zero-order chi connectivity index (χ0) is 17.5. The lowest BCUT2D eigenvalue weighted by Gasteiger charge is -2.26. The van der Waals surface area contributed by atoms with Gasteiger partial charge in [-0.25, -0.2) is 9.97 Å². The Morgan fingerprint density at radius 1 is 1.24 bits per heavy atom. The second-order valence-electron chi connectivity index (χ2n) is 5.99. The van der Waals surface area contributed by atoms with Crippen molar-refractivity contribution < 1.29 is 9.53 Å². The van der Waals surface area contributed by atoms with Crippen LogP contribution in [0.5, 0.6) is 0 Å². The van der Waals surface area contributed by atoms with Crippen molar-refractivity contribution in [3.63, 3.8) is 0 Å². The minimum absolute atomic E-state index is 0.192. The maximum absolute atomic E-state index is 12.3. The SMILES string of the molecule is Cc1cccc(Nc2cc(C(=O)NCCN3CCOCC3)ncn2)c1. The lowest BCUT2D eigenvalue weighted by molar-refractivity contribution is 0.0383. The molecule has 0 unspecified atom stereocenters. The Morgan fingerprint density at radius 3 is 2.88 bits per heavy atom. The molecule has 0 saturated carbocycles. The zero-order valence-corrected chi connectivity index (χ0v) is 14.4. The molecule has 0 spiro atoms. The van der Waals surface area contributed by atoms with Crippen LogP contribution in [-0.2, 0) is 4.74 Å². The number of morpholine rings is 1. The summed E-state index contributed by atoms with van der Waals surface area (Å²) in [5, 5.41) is 6.10. The van der Waals surface area contributed by atoms with Gasteiger partial charge in [0.25, 0.3) is 5.91 Å². The molecule has 1 aliphatic rings. The molecule has 132 valence electrons. The summed E-state index contributed by atoms with van der Waals surface area (Å²) in [5.41, 5.74) is 2.43. The smallest absolute Gasteiger partial charge is 0.270 e. The Balaban J connectivity index is 1.54. The molecule has 2 aromatic rings. The van der Waals surface area contributed by atoms with Gasteiger partial charge in [0.2, 0.25) is 0 Å². The molecule has 7 heteroatoms. The van der Waals surface area contributed by atoms with Gasteiger partial charge in [-0.2, -0.15) is 0 Å². The molecular formula is C18H23N5O2. The van der Waals surface area contributed by atoms with Crippen LogP contribution >= 0.6 is 0 Å². The number of rotatable bonds is 6. The molecule has 1 fully saturated rings. The molecule has 7 nitrogen and oxygen atoms in total. The first-order chi connectivity index (χ1) is 12.2. The summed E-state index contributed by atoms with van der Waals surface area (Å²) in [5.74, 6) is 0.405. The van der Waals surface area contributed by atoms with Gasteiger partial charge in [-0.1, -0.05) is 12.1 Å². The lowest BCUT2D eigenvalue weighted by atomic mass is 10.2. The fourth-order valence-electron chi connectivity index (χ4n) is 2.66. The summed E-state index contributed by atoms with van der Waals surface area (Å²) in [7, 11) is 0. The number of aryl methyl sites for hydroxylation is 1. The zero-order valence-electron chi connectivity index (χ0n) is 14.4. The van der Waals surface area contributed by atoms with Gasteiger partial charge < -0.3 is 15.4 Å². The fraction of sp³-hybridized carbons (Fsp3) is 0.389. The van der Waals surface area contributed by atoms with Crippen molar-refractivity contribution >= 4 is 17.4 Å². The maximum Gasteiger partial charge on any atom is 0.270 e. The van der Waals surface area contributed by atoms with E-state index in [2.05, 4.69) is 25.5 Å². The fourth-order valence-corrected chi connectivity index (χ4v) is 2.66. The van der Waals surface area contributed by atoms with Gasteiger partial charge in [-0.05, 0) is 24.6 Å². The highest BCUT2D eigenvalue weighted by molar-refractivity contribution is 5.92. The summed E-state index contributed by atoms with van der Waals surface area (Å²) < 4.78 is 5.31. The number of nitrogens with zero attached hydrogens (tertiary/aromatic N) is 3. The number of anilines is 2. The number of hydrogen-bond acceptors (Lipinski definition) is 6. The first kappa shape index (κ1) is 17.3. The first-order valence-corrected chi connectivity index (χ1v) is 8.45. The molecule has 25 heavy (non-hydrogen) atoms. The molecule has 1 amide bonds. The monoisotopic (exact) mass is 341 g/mol. The van der Waals surface area contributed by atoms with Gasteiger partial charge in [-0.3, -0.25) is 9.69 Å². The molecule has 0 radical (unpaired) electrons. The predicted octanol–water partition coefficient (Wildman–Crippen LogP) is 1.59. The quantitative estimate of drug-likeness (QED) is 0.831. The number of aromatic nitrogens is 2. The van der Waals surface area contributed by atoms with Crippen molar-refractivity contribution in [1.82, 2.24) is 20.2 Å². The van der Waals surface area contributed by atoms with Crippen molar-refractivity contribution in [2.24, 2.45) is 0 Å². The third kappa shape index (κ3) is 5.23. The Labute approximate surface area is 147 Å². The van der Waals surface area contributed by atoms with Gasteiger partial charge >= 0.3 is 0 Å². The van der Waals surface area contributed by atoms with Gasteiger partial charge in [-0.15, -0.1) is 0 Å². The number of carbonyl (C=O) groups excluding carboxylic acids is 1. The summed E-state index contributed by atoms with van der Waals surface area (Å²) in [4.78, 5) is 22.8. The standard InChI is InChI=1S/C18H23N5O2/c1-14-3-2-4-15(11-14)22-17-12-16(20-13-21-17)18(24)19-5-6-23-7-9-25-10-8-23/h2-4,11-13H,5-10H2,1H3,(H,19,24)(H,20,21,22). The number of benzene rings is 1. The lowest BCUT2D eigenvalue weighted by Crippen LogP contribution is -2.41. The van der Waals surface area contributed by atoms with E-state index < -0.39 is 0 Å². The number of amides is 1. The molecule has 1 aromatic heterocycles. The van der Waals surface area contributed by atoms with Gasteiger partial charge in [0.15, 0.2) is 0 Å². The van der Waals surface area contributed by atoms with E-state index in [1.165, 1.54) is 6.33 Å². The summed E-state index contributed by atoms with van der Waals surface area (Å²) in [6.07, 6.45) is 1.40. The van der Waals surface area contributed by atoms with E-state index >= 15 is 0 Å². The Bertz CT molecular complexity index is 716. The highest BCUT2D eigenvalue weighted by atomic mass is 16.5. The van der Waals surface area contributed by atoms with E-state index in [1.807, 2.05) is 31.2 Å². The van der Waals surface area contributed by atoms with Crippen LogP contribution in [0.4, 0.5) is 11.5 Å². The van der Waals surface area contributed by atoms with E-state index in [0.29, 0.717) is 18.1 Å². The molecular weight excluding hydrogens is 318 g/mol. The second-order valence-corrected chi connectivity index (χ2v) is 5.99. The van der Waals surface area contributed by atoms with Crippen LogP contribution in [0.15, 0.2) is 36.7 Å². The van der Waals surface area contributed by atoms with Gasteiger partial charge in [0, 0.05) is 37.9 Å². The minimum Gasteiger partial charge on any atom is -0.379 e. The highest BCUT2D eigenvalue weighted by Crippen LogP contribution is 2.15. The number of hydrogen-bond donors (Lipinski definition) is 2. The topological polar surface area (TPSA) is 79.4 Å². The average molecular weight is 341 g/mol. The molecule has 3 rings (SSSR count). The van der Waals surface area contributed by atoms with E-state index in [-0.39, 0.29) is 5.91 Å².